The zero-order valence-corrected chi connectivity index (χ0v) is 12.2. The standard InChI is InChI=1S/C13H26N2O.ClH/c1-13(2,3)10-12(16)15-9-5-4-6-11(15)7-8-14;/h11H,4-10,14H2,1-3H3;1H. The molecule has 1 atom stereocenters. The highest BCUT2D eigenvalue weighted by molar-refractivity contribution is 5.85. The number of carbonyl (C=O) groups is 1. The van der Waals surface area contributed by atoms with Gasteiger partial charge < -0.3 is 10.6 Å². The third kappa shape index (κ3) is 5.73. The molecule has 17 heavy (non-hydrogen) atoms. The molecule has 0 aromatic carbocycles. The van der Waals surface area contributed by atoms with E-state index in [0.29, 0.717) is 24.9 Å². The molecule has 0 aromatic heterocycles. The molecule has 1 unspecified atom stereocenters. The molecule has 1 saturated heterocycles. The highest BCUT2D eigenvalue weighted by Gasteiger charge is 2.28. The lowest BCUT2D eigenvalue weighted by molar-refractivity contribution is -0.136. The topological polar surface area (TPSA) is 46.3 Å². The van der Waals surface area contributed by atoms with Crippen LogP contribution in [0.25, 0.3) is 0 Å². The van der Waals surface area contributed by atoms with E-state index in [2.05, 4.69) is 25.7 Å². The van der Waals surface area contributed by atoms with Gasteiger partial charge in [0.25, 0.3) is 0 Å². The molecule has 0 radical (unpaired) electrons. The van der Waals surface area contributed by atoms with E-state index in [1.807, 2.05) is 0 Å². The normalized spacial score (nSPS) is 20.9. The van der Waals surface area contributed by atoms with Gasteiger partial charge in [0, 0.05) is 19.0 Å². The van der Waals surface area contributed by atoms with Gasteiger partial charge in [-0.15, -0.1) is 12.4 Å². The molecular formula is C13H27ClN2O. The largest absolute Gasteiger partial charge is 0.340 e. The first-order valence-corrected chi connectivity index (χ1v) is 6.43. The zero-order valence-electron chi connectivity index (χ0n) is 11.4. The van der Waals surface area contributed by atoms with Gasteiger partial charge in [-0.2, -0.15) is 0 Å². The minimum absolute atomic E-state index is 0. The lowest BCUT2D eigenvalue weighted by Gasteiger charge is -2.37. The Morgan fingerprint density at radius 3 is 2.53 bits per heavy atom. The molecule has 1 rings (SSSR count). The Bertz CT molecular complexity index is 236. The fraction of sp³-hybridized carbons (Fsp3) is 0.923. The maximum Gasteiger partial charge on any atom is 0.223 e. The molecule has 0 bridgehead atoms. The second-order valence-corrected chi connectivity index (χ2v) is 6.05. The summed E-state index contributed by atoms with van der Waals surface area (Å²) in [6.45, 7) is 7.97. The quantitative estimate of drug-likeness (QED) is 0.850. The van der Waals surface area contributed by atoms with E-state index in [9.17, 15) is 4.79 Å². The van der Waals surface area contributed by atoms with Gasteiger partial charge in [0.2, 0.25) is 5.91 Å². The van der Waals surface area contributed by atoms with E-state index >= 15 is 0 Å². The summed E-state index contributed by atoms with van der Waals surface area (Å²) < 4.78 is 0. The van der Waals surface area contributed by atoms with Crippen molar-refractivity contribution in [1.82, 2.24) is 4.90 Å². The number of nitrogens with zero attached hydrogens (tertiary/aromatic N) is 1. The fourth-order valence-electron chi connectivity index (χ4n) is 2.38. The number of amides is 1. The molecule has 4 heteroatoms. The third-order valence-electron chi connectivity index (χ3n) is 3.13. The number of hydrogen-bond acceptors (Lipinski definition) is 2. The van der Waals surface area contributed by atoms with Crippen LogP contribution < -0.4 is 5.73 Å². The summed E-state index contributed by atoms with van der Waals surface area (Å²) in [4.78, 5) is 14.3. The molecule has 0 aromatic rings. The van der Waals surface area contributed by atoms with E-state index in [1.54, 1.807) is 0 Å². The first-order chi connectivity index (χ1) is 7.44. The Morgan fingerprint density at radius 1 is 1.35 bits per heavy atom. The maximum atomic E-state index is 12.2. The van der Waals surface area contributed by atoms with Crippen LogP contribution in [0.4, 0.5) is 0 Å². The number of piperidine rings is 1. The summed E-state index contributed by atoms with van der Waals surface area (Å²) in [5, 5.41) is 0. The highest BCUT2D eigenvalue weighted by Crippen LogP contribution is 2.25. The number of rotatable bonds is 3. The highest BCUT2D eigenvalue weighted by atomic mass is 35.5. The monoisotopic (exact) mass is 262 g/mol. The number of carbonyl (C=O) groups excluding carboxylic acids is 1. The third-order valence-corrected chi connectivity index (χ3v) is 3.13. The summed E-state index contributed by atoms with van der Waals surface area (Å²) in [5.74, 6) is 0.311. The van der Waals surface area contributed by atoms with Crippen molar-refractivity contribution in [3.05, 3.63) is 0 Å². The second kappa shape index (κ2) is 7.22. The predicted octanol–water partition coefficient (Wildman–Crippen LogP) is 2.57. The van der Waals surface area contributed by atoms with Crippen LogP contribution in [0.1, 0.15) is 52.9 Å². The van der Waals surface area contributed by atoms with E-state index in [1.165, 1.54) is 6.42 Å². The van der Waals surface area contributed by atoms with Gasteiger partial charge >= 0.3 is 0 Å². The molecule has 0 aliphatic carbocycles. The fourth-order valence-corrected chi connectivity index (χ4v) is 2.38. The van der Waals surface area contributed by atoms with Crippen LogP contribution in [0, 0.1) is 5.41 Å². The lowest BCUT2D eigenvalue weighted by atomic mass is 9.90. The van der Waals surface area contributed by atoms with Crippen molar-refractivity contribution in [3.63, 3.8) is 0 Å². The molecule has 1 heterocycles. The average molecular weight is 263 g/mol. The molecule has 1 aliphatic heterocycles. The van der Waals surface area contributed by atoms with Gasteiger partial charge in [-0.05, 0) is 37.6 Å². The molecule has 1 aliphatic rings. The van der Waals surface area contributed by atoms with Crippen LogP contribution in [0.15, 0.2) is 0 Å². The summed E-state index contributed by atoms with van der Waals surface area (Å²) in [6.07, 6.45) is 5.12. The van der Waals surface area contributed by atoms with Gasteiger partial charge in [0.05, 0.1) is 0 Å². The number of halogens is 1. The number of hydrogen-bond donors (Lipinski definition) is 1. The SMILES string of the molecule is CC(C)(C)CC(=O)N1CCCCC1CCN.Cl. The van der Waals surface area contributed by atoms with Crippen LogP contribution in [0.2, 0.25) is 0 Å². The second-order valence-electron chi connectivity index (χ2n) is 6.05. The van der Waals surface area contributed by atoms with Crippen molar-refractivity contribution in [1.29, 1.82) is 0 Å². The van der Waals surface area contributed by atoms with E-state index in [0.717, 1.165) is 25.8 Å². The van der Waals surface area contributed by atoms with E-state index < -0.39 is 0 Å². The molecule has 1 fully saturated rings. The molecular weight excluding hydrogens is 236 g/mol. The van der Waals surface area contributed by atoms with Gasteiger partial charge in [0.15, 0.2) is 0 Å². The Hall–Kier alpha value is -0.280. The van der Waals surface area contributed by atoms with Crippen molar-refractivity contribution in [2.24, 2.45) is 11.1 Å². The Labute approximate surface area is 112 Å². The number of likely N-dealkylation sites (tertiary alicyclic amines) is 1. The van der Waals surface area contributed by atoms with Crippen LogP contribution >= 0.6 is 12.4 Å². The maximum absolute atomic E-state index is 12.2. The van der Waals surface area contributed by atoms with Crippen LogP contribution in [0.3, 0.4) is 0 Å². The molecule has 0 saturated carbocycles. The first-order valence-electron chi connectivity index (χ1n) is 6.43. The molecule has 3 nitrogen and oxygen atoms in total. The van der Waals surface area contributed by atoms with Crippen molar-refractivity contribution in [2.75, 3.05) is 13.1 Å². The molecule has 2 N–H and O–H groups in total. The van der Waals surface area contributed by atoms with Crippen molar-refractivity contribution < 1.29 is 4.79 Å². The van der Waals surface area contributed by atoms with Crippen molar-refractivity contribution in [3.8, 4) is 0 Å². The summed E-state index contributed by atoms with van der Waals surface area (Å²) in [7, 11) is 0. The smallest absolute Gasteiger partial charge is 0.223 e. The Morgan fingerprint density at radius 2 is 2.00 bits per heavy atom. The van der Waals surface area contributed by atoms with Crippen molar-refractivity contribution >= 4 is 18.3 Å². The summed E-state index contributed by atoms with van der Waals surface area (Å²) >= 11 is 0. The Kier molecular flexibility index (Phi) is 7.10. The van der Waals surface area contributed by atoms with E-state index in [-0.39, 0.29) is 17.8 Å². The molecule has 102 valence electrons. The molecule has 1 amide bonds. The van der Waals surface area contributed by atoms with Gasteiger partial charge in [-0.25, -0.2) is 0 Å². The van der Waals surface area contributed by atoms with Crippen LogP contribution in [0.5, 0.6) is 0 Å². The summed E-state index contributed by atoms with van der Waals surface area (Å²) in [5.41, 5.74) is 5.70. The van der Waals surface area contributed by atoms with Crippen LogP contribution in [-0.4, -0.2) is 29.9 Å². The zero-order chi connectivity index (χ0) is 12.2. The lowest BCUT2D eigenvalue weighted by Crippen LogP contribution is -2.45. The van der Waals surface area contributed by atoms with Gasteiger partial charge in [-0.3, -0.25) is 4.79 Å². The van der Waals surface area contributed by atoms with Crippen molar-refractivity contribution in [2.45, 2.75) is 58.9 Å². The number of nitrogens with two attached hydrogens (primary N) is 1. The van der Waals surface area contributed by atoms with Crippen LogP contribution in [-0.2, 0) is 4.79 Å². The van der Waals surface area contributed by atoms with Gasteiger partial charge in [-0.1, -0.05) is 20.8 Å². The van der Waals surface area contributed by atoms with Gasteiger partial charge in [0.1, 0.15) is 0 Å². The average Bonchev–Trinajstić information content (AvgIpc) is 2.16. The predicted molar refractivity (Wildman–Crippen MR) is 74.3 cm³/mol. The molecule has 0 spiro atoms. The Balaban J connectivity index is 0.00000256. The minimum Gasteiger partial charge on any atom is -0.340 e. The minimum atomic E-state index is 0. The summed E-state index contributed by atoms with van der Waals surface area (Å²) in [6, 6.07) is 0.397. The first kappa shape index (κ1) is 16.7. The van der Waals surface area contributed by atoms with E-state index in [4.69, 9.17) is 5.73 Å².